The zero-order valence-corrected chi connectivity index (χ0v) is 20.2. The van der Waals surface area contributed by atoms with Gasteiger partial charge in [0.1, 0.15) is 16.4 Å². The molecule has 3 N–H and O–H groups in total. The molecule has 0 aliphatic heterocycles. The number of nitrogens with zero attached hydrogens (tertiary/aromatic N) is 1. The number of carbonyl (C=O) groups excluding carboxylic acids is 1. The van der Waals surface area contributed by atoms with Crippen LogP contribution in [0.15, 0.2) is 47.4 Å². The molecule has 9 heteroatoms. The Balaban J connectivity index is 1.53. The lowest BCUT2D eigenvalue weighted by atomic mass is 10.0. The molecule has 1 heterocycles. The van der Waals surface area contributed by atoms with Gasteiger partial charge in [-0.3, -0.25) is 4.79 Å². The first-order valence-electron chi connectivity index (χ1n) is 10.9. The van der Waals surface area contributed by atoms with Gasteiger partial charge in [0.15, 0.2) is 16.1 Å². The van der Waals surface area contributed by atoms with Gasteiger partial charge in [-0.2, -0.15) is 0 Å². The predicted octanol–water partition coefficient (Wildman–Crippen LogP) is 5.49. The van der Waals surface area contributed by atoms with Crippen LogP contribution in [0, 0.1) is 12.8 Å². The van der Waals surface area contributed by atoms with E-state index in [4.69, 9.17) is 4.74 Å². The number of benzene rings is 2. The maximum atomic E-state index is 13.1. The summed E-state index contributed by atoms with van der Waals surface area (Å²) in [5.74, 6) is 1.12. The largest absolute Gasteiger partial charge is 0.508 e. The van der Waals surface area contributed by atoms with Crippen molar-refractivity contribution in [2.75, 3.05) is 17.1 Å². The molecule has 4 rings (SSSR count). The van der Waals surface area contributed by atoms with Crippen molar-refractivity contribution in [1.29, 1.82) is 0 Å². The van der Waals surface area contributed by atoms with Crippen molar-refractivity contribution in [3.63, 3.8) is 0 Å². The molecule has 7 nitrogen and oxygen atoms in total. The average molecular weight is 486 g/mol. The third kappa shape index (κ3) is 5.72. The van der Waals surface area contributed by atoms with Crippen LogP contribution >= 0.6 is 11.3 Å². The van der Waals surface area contributed by atoms with Crippen molar-refractivity contribution in [3.8, 4) is 21.9 Å². The Kier molecular flexibility index (Phi) is 7.29. The monoisotopic (exact) mass is 485 g/mol. The number of methoxy groups -OCH3 is 1. The highest BCUT2D eigenvalue weighted by molar-refractivity contribution is 7.86. The zero-order chi connectivity index (χ0) is 23.4. The first-order valence-corrected chi connectivity index (χ1v) is 12.8. The average Bonchev–Trinajstić information content (AvgIpc) is 3.44. The van der Waals surface area contributed by atoms with E-state index in [9.17, 15) is 14.1 Å². The molecule has 1 saturated carbocycles. The SMILES string of the molecule is COc1ccc(-c2sc(NC(=O)CC3CCCC3)nc2C)cc1S(=O)Nc1ccc(O)cc1. The Bertz CT molecular complexity index is 1160. The Labute approximate surface area is 199 Å². The lowest BCUT2D eigenvalue weighted by Gasteiger charge is -2.12. The smallest absolute Gasteiger partial charge is 0.226 e. The van der Waals surface area contributed by atoms with Crippen LogP contribution in [-0.2, 0) is 15.8 Å². The minimum absolute atomic E-state index is 0.0109. The van der Waals surface area contributed by atoms with E-state index in [1.807, 2.05) is 19.1 Å². The van der Waals surface area contributed by atoms with Crippen LogP contribution in [0.25, 0.3) is 10.4 Å². The summed E-state index contributed by atoms with van der Waals surface area (Å²) < 4.78 is 21.4. The summed E-state index contributed by atoms with van der Waals surface area (Å²) in [6.45, 7) is 1.90. The molecule has 1 aliphatic rings. The van der Waals surface area contributed by atoms with Crippen LogP contribution < -0.4 is 14.8 Å². The molecule has 1 atom stereocenters. The minimum atomic E-state index is -1.59. The van der Waals surface area contributed by atoms with Crippen LogP contribution in [0.4, 0.5) is 10.8 Å². The molecule has 1 amide bonds. The van der Waals surface area contributed by atoms with Crippen LogP contribution in [-0.4, -0.2) is 27.3 Å². The van der Waals surface area contributed by atoms with Crippen LogP contribution in [0.5, 0.6) is 11.5 Å². The zero-order valence-electron chi connectivity index (χ0n) is 18.6. The maximum absolute atomic E-state index is 13.1. The summed E-state index contributed by atoms with van der Waals surface area (Å²) in [5, 5.41) is 13.0. The number of aryl methyl sites for hydroxylation is 1. The van der Waals surface area contributed by atoms with Crippen molar-refractivity contribution < 1.29 is 18.8 Å². The van der Waals surface area contributed by atoms with Gasteiger partial charge in [-0.05, 0) is 73.7 Å². The quantitative estimate of drug-likeness (QED) is 0.367. The first-order chi connectivity index (χ1) is 15.9. The Morgan fingerprint density at radius 1 is 1.21 bits per heavy atom. The van der Waals surface area contributed by atoms with E-state index in [0.29, 0.717) is 33.8 Å². The molecular formula is C24H27N3O4S2. The molecular weight excluding hydrogens is 458 g/mol. The lowest BCUT2D eigenvalue weighted by molar-refractivity contribution is -0.117. The van der Waals surface area contributed by atoms with Crippen molar-refractivity contribution in [3.05, 3.63) is 48.2 Å². The second-order valence-electron chi connectivity index (χ2n) is 8.12. The fourth-order valence-corrected chi connectivity index (χ4v) is 6.03. The van der Waals surface area contributed by atoms with E-state index >= 15 is 0 Å². The van der Waals surface area contributed by atoms with Gasteiger partial charge < -0.3 is 19.9 Å². The number of nitrogens with one attached hydrogen (secondary N) is 2. The van der Waals surface area contributed by atoms with Gasteiger partial charge in [0.25, 0.3) is 0 Å². The molecule has 1 unspecified atom stereocenters. The predicted molar refractivity (Wildman–Crippen MR) is 132 cm³/mol. The maximum Gasteiger partial charge on any atom is 0.226 e. The third-order valence-electron chi connectivity index (χ3n) is 5.70. The minimum Gasteiger partial charge on any atom is -0.508 e. The summed E-state index contributed by atoms with van der Waals surface area (Å²) in [7, 11) is -0.0567. The standard InChI is InChI=1S/C24H27N3O4S2/c1-15-23(32-24(25-15)26-22(29)13-16-5-3-4-6-16)17-7-12-20(31-2)21(14-17)33(30)27-18-8-10-19(28)11-9-18/h7-12,14,16,27-28H,3-6,13H2,1-2H3,(H,25,26,29). The normalized spacial score (nSPS) is 14.7. The summed E-state index contributed by atoms with van der Waals surface area (Å²) in [4.78, 5) is 18.3. The molecule has 0 radical (unpaired) electrons. The van der Waals surface area contributed by atoms with E-state index in [1.165, 1.54) is 43.4 Å². The summed E-state index contributed by atoms with van der Waals surface area (Å²) in [6, 6.07) is 11.8. The molecule has 1 aliphatic carbocycles. The molecule has 0 bridgehead atoms. The van der Waals surface area contributed by atoms with E-state index < -0.39 is 11.0 Å². The van der Waals surface area contributed by atoms with Crippen LogP contribution in [0.1, 0.15) is 37.8 Å². The highest BCUT2D eigenvalue weighted by Crippen LogP contribution is 2.36. The molecule has 33 heavy (non-hydrogen) atoms. The number of amides is 1. The number of hydrogen-bond acceptors (Lipinski definition) is 6. The van der Waals surface area contributed by atoms with Crippen LogP contribution in [0.2, 0.25) is 0 Å². The molecule has 1 aromatic heterocycles. The van der Waals surface area contributed by atoms with Gasteiger partial charge >= 0.3 is 0 Å². The number of carbonyl (C=O) groups is 1. The van der Waals surface area contributed by atoms with Crippen molar-refractivity contribution in [2.24, 2.45) is 5.92 Å². The van der Waals surface area contributed by atoms with Crippen molar-refractivity contribution in [2.45, 2.75) is 43.9 Å². The van der Waals surface area contributed by atoms with Crippen molar-refractivity contribution >= 4 is 39.0 Å². The Morgan fingerprint density at radius 3 is 2.64 bits per heavy atom. The van der Waals surface area contributed by atoms with E-state index in [1.54, 1.807) is 18.2 Å². The van der Waals surface area contributed by atoms with Crippen LogP contribution in [0.3, 0.4) is 0 Å². The number of aromatic hydroxyl groups is 1. The molecule has 3 aromatic rings. The van der Waals surface area contributed by atoms with Gasteiger partial charge in [0, 0.05) is 12.1 Å². The number of phenolic OH excluding ortho intramolecular Hbond substituents is 1. The third-order valence-corrected chi connectivity index (χ3v) is 7.96. The number of aromatic nitrogens is 1. The molecule has 0 saturated heterocycles. The fraction of sp³-hybridized carbons (Fsp3) is 0.333. The number of ether oxygens (including phenoxy) is 1. The Hall–Kier alpha value is -2.91. The number of phenols is 1. The van der Waals surface area contributed by atoms with Gasteiger partial charge in [-0.1, -0.05) is 24.2 Å². The topological polar surface area (TPSA) is 101 Å². The summed E-state index contributed by atoms with van der Waals surface area (Å²) >= 11 is 1.41. The number of anilines is 2. The highest BCUT2D eigenvalue weighted by Gasteiger charge is 2.20. The Morgan fingerprint density at radius 2 is 1.94 bits per heavy atom. The first kappa shape index (κ1) is 23.3. The lowest BCUT2D eigenvalue weighted by Crippen LogP contribution is -2.14. The van der Waals surface area contributed by atoms with E-state index in [2.05, 4.69) is 15.0 Å². The number of thiazole rings is 1. The van der Waals surface area contributed by atoms with E-state index in [0.717, 1.165) is 29.0 Å². The highest BCUT2D eigenvalue weighted by atomic mass is 32.2. The fourth-order valence-electron chi connectivity index (χ4n) is 4.02. The van der Waals surface area contributed by atoms with Crippen molar-refractivity contribution in [1.82, 2.24) is 4.98 Å². The second-order valence-corrected chi connectivity index (χ2v) is 10.3. The number of hydrogen-bond donors (Lipinski definition) is 3. The summed E-state index contributed by atoms with van der Waals surface area (Å²) in [6.07, 6.45) is 5.21. The number of rotatable bonds is 8. The molecule has 0 spiro atoms. The van der Waals surface area contributed by atoms with Gasteiger partial charge in [0.2, 0.25) is 5.91 Å². The molecule has 174 valence electrons. The van der Waals surface area contributed by atoms with E-state index in [-0.39, 0.29) is 11.7 Å². The van der Waals surface area contributed by atoms with Gasteiger partial charge in [-0.15, -0.1) is 0 Å². The second kappa shape index (κ2) is 10.4. The van der Waals surface area contributed by atoms with Gasteiger partial charge in [0.05, 0.1) is 17.7 Å². The molecule has 2 aromatic carbocycles. The van der Waals surface area contributed by atoms with Gasteiger partial charge in [-0.25, -0.2) is 9.19 Å². The molecule has 1 fully saturated rings. The summed E-state index contributed by atoms with van der Waals surface area (Å²) in [5.41, 5.74) is 2.25.